The molecule has 1 aliphatic carbocycles. The van der Waals surface area contributed by atoms with E-state index in [4.69, 9.17) is 22.1 Å². The van der Waals surface area contributed by atoms with Gasteiger partial charge in [0.05, 0.1) is 5.02 Å². The predicted octanol–water partition coefficient (Wildman–Crippen LogP) is 3.54. The molecule has 0 aromatic heterocycles. The van der Waals surface area contributed by atoms with E-state index in [9.17, 15) is 4.79 Å². The summed E-state index contributed by atoms with van der Waals surface area (Å²) in [6.07, 6.45) is 4.41. The third-order valence-electron chi connectivity index (χ3n) is 3.81. The van der Waals surface area contributed by atoms with Crippen molar-refractivity contribution in [2.24, 2.45) is 11.7 Å². The van der Waals surface area contributed by atoms with Crippen molar-refractivity contribution in [3.63, 3.8) is 0 Å². The number of carbonyl (C=O) groups is 1. The van der Waals surface area contributed by atoms with Crippen LogP contribution in [0.5, 0.6) is 5.75 Å². The molecule has 3 N–H and O–H groups in total. The second kappa shape index (κ2) is 9.60. The molecule has 2 unspecified atom stereocenters. The van der Waals surface area contributed by atoms with Gasteiger partial charge in [0.1, 0.15) is 5.75 Å². The molecule has 1 aromatic rings. The zero-order valence-electron chi connectivity index (χ0n) is 12.2. The molecule has 0 aliphatic heterocycles. The summed E-state index contributed by atoms with van der Waals surface area (Å²) in [5.41, 5.74) is 5.76. The number of carbonyl (C=O) groups excluding carboxylic acids is 1. The van der Waals surface area contributed by atoms with Crippen LogP contribution >= 0.6 is 39.9 Å². The molecule has 0 saturated heterocycles. The molecule has 1 fully saturated rings. The Bertz CT molecular complexity index is 502. The minimum Gasteiger partial charge on any atom is -0.482 e. The molecule has 0 radical (unpaired) electrons. The highest BCUT2D eigenvalue weighted by atomic mass is 79.9. The van der Waals surface area contributed by atoms with Crippen LogP contribution in [0.2, 0.25) is 5.02 Å². The van der Waals surface area contributed by atoms with E-state index in [1.54, 1.807) is 12.1 Å². The van der Waals surface area contributed by atoms with Gasteiger partial charge in [-0.2, -0.15) is 0 Å². The lowest BCUT2D eigenvalue weighted by Crippen LogP contribution is -2.46. The van der Waals surface area contributed by atoms with Gasteiger partial charge in [0.15, 0.2) is 6.61 Å². The first-order valence-electron chi connectivity index (χ1n) is 7.17. The predicted molar refractivity (Wildman–Crippen MR) is 94.8 cm³/mol. The maximum Gasteiger partial charge on any atom is 0.258 e. The first kappa shape index (κ1) is 19.6. The van der Waals surface area contributed by atoms with Gasteiger partial charge in [0.25, 0.3) is 5.91 Å². The number of nitrogens with two attached hydrogens (primary N) is 1. The van der Waals surface area contributed by atoms with E-state index >= 15 is 0 Å². The fourth-order valence-corrected chi connectivity index (χ4v) is 3.39. The highest BCUT2D eigenvalue weighted by molar-refractivity contribution is 9.10. The van der Waals surface area contributed by atoms with Crippen LogP contribution in [0.15, 0.2) is 22.7 Å². The summed E-state index contributed by atoms with van der Waals surface area (Å²) < 4.78 is 6.34. The monoisotopic (exact) mass is 410 g/mol. The first-order valence-corrected chi connectivity index (χ1v) is 8.34. The van der Waals surface area contributed by atoms with E-state index in [1.165, 1.54) is 6.42 Å². The normalized spacial score (nSPS) is 20.9. The maximum atomic E-state index is 12.0. The standard InChI is InChI=1S/C15H20BrClN2O2.ClH/c16-11-5-6-14(12(17)7-11)21-9-15(20)19-13-4-2-1-3-10(13)8-18;/h5-7,10,13H,1-4,8-9,18H2,(H,19,20);1H. The Morgan fingerprint density at radius 2 is 2.14 bits per heavy atom. The van der Waals surface area contributed by atoms with E-state index in [2.05, 4.69) is 21.2 Å². The van der Waals surface area contributed by atoms with Gasteiger partial charge in [-0.1, -0.05) is 40.4 Å². The quantitative estimate of drug-likeness (QED) is 0.778. The van der Waals surface area contributed by atoms with E-state index in [0.717, 1.165) is 23.7 Å². The van der Waals surface area contributed by atoms with Gasteiger partial charge < -0.3 is 15.8 Å². The second-order valence-corrected chi connectivity index (χ2v) is 6.64. The van der Waals surface area contributed by atoms with Crippen LogP contribution in [0.25, 0.3) is 0 Å². The molecule has 0 spiro atoms. The van der Waals surface area contributed by atoms with Crippen molar-refractivity contribution in [1.82, 2.24) is 5.32 Å². The van der Waals surface area contributed by atoms with Crippen LogP contribution in [-0.2, 0) is 4.79 Å². The lowest BCUT2D eigenvalue weighted by molar-refractivity contribution is -0.124. The van der Waals surface area contributed by atoms with Gasteiger partial charge in [-0.3, -0.25) is 4.79 Å². The van der Waals surface area contributed by atoms with Crippen molar-refractivity contribution in [3.05, 3.63) is 27.7 Å². The number of ether oxygens (including phenoxy) is 1. The molecule has 2 rings (SSSR count). The lowest BCUT2D eigenvalue weighted by Gasteiger charge is -2.31. The Balaban J connectivity index is 0.00000242. The summed E-state index contributed by atoms with van der Waals surface area (Å²) in [4.78, 5) is 12.0. The van der Waals surface area contributed by atoms with Crippen LogP contribution in [0.3, 0.4) is 0 Å². The van der Waals surface area contributed by atoms with Gasteiger partial charge in [-0.05, 0) is 43.5 Å². The summed E-state index contributed by atoms with van der Waals surface area (Å²) in [6.45, 7) is 0.583. The molecule has 0 bridgehead atoms. The van der Waals surface area contributed by atoms with Gasteiger partial charge in [0.2, 0.25) is 0 Å². The van der Waals surface area contributed by atoms with Crippen molar-refractivity contribution >= 4 is 45.8 Å². The number of halogens is 3. The molecule has 7 heteroatoms. The molecule has 22 heavy (non-hydrogen) atoms. The van der Waals surface area contributed by atoms with E-state index in [1.807, 2.05) is 6.07 Å². The van der Waals surface area contributed by atoms with Crippen LogP contribution in [0.1, 0.15) is 25.7 Å². The molecule has 1 amide bonds. The average Bonchev–Trinajstić information content (AvgIpc) is 2.47. The number of nitrogens with one attached hydrogen (secondary N) is 1. The largest absolute Gasteiger partial charge is 0.482 e. The van der Waals surface area contributed by atoms with E-state index in [-0.39, 0.29) is 31.0 Å². The van der Waals surface area contributed by atoms with Gasteiger partial charge in [-0.25, -0.2) is 0 Å². The third-order valence-corrected chi connectivity index (χ3v) is 4.60. The number of hydrogen-bond acceptors (Lipinski definition) is 3. The zero-order valence-corrected chi connectivity index (χ0v) is 15.3. The molecule has 4 nitrogen and oxygen atoms in total. The fourth-order valence-electron chi connectivity index (χ4n) is 2.66. The molecule has 124 valence electrons. The second-order valence-electron chi connectivity index (χ2n) is 5.32. The highest BCUT2D eigenvalue weighted by Gasteiger charge is 2.25. The minimum absolute atomic E-state index is 0. The van der Waals surface area contributed by atoms with Crippen LogP contribution in [0, 0.1) is 5.92 Å². The van der Waals surface area contributed by atoms with Gasteiger partial charge >= 0.3 is 0 Å². The molecule has 2 atom stereocenters. The molecule has 1 aliphatic rings. The van der Waals surface area contributed by atoms with Crippen molar-refractivity contribution < 1.29 is 9.53 Å². The minimum atomic E-state index is -0.126. The molecule has 0 heterocycles. The fraction of sp³-hybridized carbons (Fsp3) is 0.533. The van der Waals surface area contributed by atoms with E-state index in [0.29, 0.717) is 23.2 Å². The molecule has 1 aromatic carbocycles. The number of benzene rings is 1. The Morgan fingerprint density at radius 1 is 1.41 bits per heavy atom. The topological polar surface area (TPSA) is 64.3 Å². The van der Waals surface area contributed by atoms with Crippen molar-refractivity contribution in [3.8, 4) is 5.75 Å². The number of amides is 1. The smallest absolute Gasteiger partial charge is 0.258 e. The van der Waals surface area contributed by atoms with Crippen LogP contribution < -0.4 is 15.8 Å². The van der Waals surface area contributed by atoms with Gasteiger partial charge in [-0.15, -0.1) is 12.4 Å². The molecular formula is C15H21BrCl2N2O2. The molecular weight excluding hydrogens is 391 g/mol. The Hall–Kier alpha value is -0.490. The van der Waals surface area contributed by atoms with Gasteiger partial charge in [0, 0.05) is 10.5 Å². The number of rotatable bonds is 5. The summed E-state index contributed by atoms with van der Waals surface area (Å²) in [5, 5.41) is 3.51. The Morgan fingerprint density at radius 3 is 2.82 bits per heavy atom. The van der Waals surface area contributed by atoms with E-state index < -0.39 is 0 Å². The Kier molecular flexibility index (Phi) is 8.54. The molecule has 1 saturated carbocycles. The lowest BCUT2D eigenvalue weighted by atomic mass is 9.84. The summed E-state index contributed by atoms with van der Waals surface area (Å²) in [6, 6.07) is 5.47. The van der Waals surface area contributed by atoms with Crippen LogP contribution in [-0.4, -0.2) is 25.1 Å². The first-order chi connectivity index (χ1) is 10.1. The summed E-state index contributed by atoms with van der Waals surface area (Å²) in [7, 11) is 0. The van der Waals surface area contributed by atoms with Crippen molar-refractivity contribution in [2.45, 2.75) is 31.7 Å². The number of hydrogen-bond donors (Lipinski definition) is 2. The SMILES string of the molecule is Cl.NCC1CCCCC1NC(=O)COc1ccc(Br)cc1Cl. The average molecular weight is 412 g/mol. The maximum absolute atomic E-state index is 12.0. The third kappa shape index (κ3) is 5.61. The van der Waals surface area contributed by atoms with Crippen molar-refractivity contribution in [2.75, 3.05) is 13.2 Å². The zero-order chi connectivity index (χ0) is 15.2. The van der Waals surface area contributed by atoms with Crippen LogP contribution in [0.4, 0.5) is 0 Å². The van der Waals surface area contributed by atoms with Crippen molar-refractivity contribution in [1.29, 1.82) is 0 Å². The Labute approximate surface area is 150 Å². The highest BCUT2D eigenvalue weighted by Crippen LogP contribution is 2.28. The summed E-state index contributed by atoms with van der Waals surface area (Å²) in [5.74, 6) is 0.757. The summed E-state index contributed by atoms with van der Waals surface area (Å²) >= 11 is 9.37.